The van der Waals surface area contributed by atoms with Gasteiger partial charge in [0, 0.05) is 16.8 Å². The van der Waals surface area contributed by atoms with Crippen LogP contribution < -0.4 is 5.32 Å². The van der Waals surface area contributed by atoms with Gasteiger partial charge in [-0.1, -0.05) is 43.7 Å². The normalized spacial score (nSPS) is 16.9. The van der Waals surface area contributed by atoms with Gasteiger partial charge in [0.2, 0.25) is 0 Å². The van der Waals surface area contributed by atoms with Crippen molar-refractivity contribution in [3.05, 3.63) is 51.5 Å². The SMILES string of the molecule is CCNCc1sc(C2(c3ccccc3)CCC2)nc1C. The maximum atomic E-state index is 4.91. The molecule has 1 saturated carbocycles. The van der Waals surface area contributed by atoms with Gasteiger partial charge in [-0.15, -0.1) is 11.3 Å². The lowest BCUT2D eigenvalue weighted by Gasteiger charge is -2.40. The van der Waals surface area contributed by atoms with Crippen molar-refractivity contribution in [1.29, 1.82) is 0 Å². The van der Waals surface area contributed by atoms with E-state index in [9.17, 15) is 0 Å². The summed E-state index contributed by atoms with van der Waals surface area (Å²) in [6, 6.07) is 10.9. The van der Waals surface area contributed by atoms with Crippen molar-refractivity contribution in [3.8, 4) is 0 Å². The Morgan fingerprint density at radius 2 is 2.00 bits per heavy atom. The molecule has 1 heterocycles. The number of nitrogens with zero attached hydrogens (tertiary/aromatic N) is 1. The molecule has 20 heavy (non-hydrogen) atoms. The van der Waals surface area contributed by atoms with Crippen molar-refractivity contribution in [2.75, 3.05) is 6.54 Å². The number of rotatable bonds is 5. The smallest absolute Gasteiger partial charge is 0.104 e. The van der Waals surface area contributed by atoms with Crippen molar-refractivity contribution in [1.82, 2.24) is 10.3 Å². The highest BCUT2D eigenvalue weighted by atomic mass is 32.1. The molecule has 2 aromatic rings. The molecule has 0 atom stereocenters. The molecule has 0 spiro atoms. The molecule has 1 aliphatic carbocycles. The molecular weight excluding hydrogens is 264 g/mol. The molecule has 1 N–H and O–H groups in total. The van der Waals surface area contributed by atoms with Gasteiger partial charge in [-0.2, -0.15) is 0 Å². The summed E-state index contributed by atoms with van der Waals surface area (Å²) in [7, 11) is 0. The van der Waals surface area contributed by atoms with Crippen LogP contribution in [0.5, 0.6) is 0 Å². The molecule has 1 aliphatic rings. The number of hydrogen-bond acceptors (Lipinski definition) is 3. The van der Waals surface area contributed by atoms with Crippen LogP contribution in [-0.4, -0.2) is 11.5 Å². The Morgan fingerprint density at radius 1 is 1.25 bits per heavy atom. The van der Waals surface area contributed by atoms with Crippen LogP contribution >= 0.6 is 11.3 Å². The van der Waals surface area contributed by atoms with Gasteiger partial charge in [0.1, 0.15) is 5.01 Å². The van der Waals surface area contributed by atoms with E-state index in [0.29, 0.717) is 0 Å². The third kappa shape index (κ3) is 2.29. The van der Waals surface area contributed by atoms with Crippen LogP contribution in [-0.2, 0) is 12.0 Å². The summed E-state index contributed by atoms with van der Waals surface area (Å²) < 4.78 is 0. The zero-order chi connectivity index (χ0) is 14.0. The fraction of sp³-hybridized carbons (Fsp3) is 0.471. The second-order valence-corrected chi connectivity index (χ2v) is 6.69. The van der Waals surface area contributed by atoms with Crippen molar-refractivity contribution in [2.45, 2.75) is 45.1 Å². The van der Waals surface area contributed by atoms with E-state index in [1.54, 1.807) is 0 Å². The van der Waals surface area contributed by atoms with Gasteiger partial charge >= 0.3 is 0 Å². The molecule has 0 saturated heterocycles. The quantitative estimate of drug-likeness (QED) is 0.897. The van der Waals surface area contributed by atoms with Crippen molar-refractivity contribution < 1.29 is 0 Å². The van der Waals surface area contributed by atoms with Crippen LogP contribution in [0.15, 0.2) is 30.3 Å². The lowest BCUT2D eigenvalue weighted by molar-refractivity contribution is 0.300. The lowest BCUT2D eigenvalue weighted by atomic mass is 9.65. The van der Waals surface area contributed by atoms with E-state index in [1.165, 1.54) is 40.4 Å². The van der Waals surface area contributed by atoms with Gasteiger partial charge in [0.05, 0.1) is 5.69 Å². The molecule has 2 nitrogen and oxygen atoms in total. The summed E-state index contributed by atoms with van der Waals surface area (Å²) in [4.78, 5) is 6.31. The van der Waals surface area contributed by atoms with Crippen LogP contribution in [0.3, 0.4) is 0 Å². The Bertz CT molecular complexity index is 570. The van der Waals surface area contributed by atoms with Gasteiger partial charge in [-0.25, -0.2) is 4.98 Å². The van der Waals surface area contributed by atoms with Crippen LogP contribution in [0.4, 0.5) is 0 Å². The third-order valence-corrected chi connectivity index (χ3v) is 5.73. The Hall–Kier alpha value is -1.19. The summed E-state index contributed by atoms with van der Waals surface area (Å²) in [6.45, 7) is 6.25. The van der Waals surface area contributed by atoms with Crippen LogP contribution in [0.1, 0.15) is 47.3 Å². The molecule has 3 rings (SSSR count). The average Bonchev–Trinajstić information content (AvgIpc) is 2.78. The first kappa shape index (κ1) is 13.8. The van der Waals surface area contributed by atoms with Gasteiger partial charge in [-0.05, 0) is 31.9 Å². The second-order valence-electron chi connectivity index (χ2n) is 5.61. The van der Waals surface area contributed by atoms with Gasteiger partial charge < -0.3 is 5.32 Å². The summed E-state index contributed by atoms with van der Waals surface area (Å²) in [5.41, 5.74) is 2.84. The minimum absolute atomic E-state index is 0.196. The largest absolute Gasteiger partial charge is 0.312 e. The predicted molar refractivity (Wildman–Crippen MR) is 85.3 cm³/mol. The Morgan fingerprint density at radius 3 is 2.60 bits per heavy atom. The van der Waals surface area contributed by atoms with Crippen LogP contribution in [0.2, 0.25) is 0 Å². The number of thiazole rings is 1. The second kappa shape index (κ2) is 5.66. The summed E-state index contributed by atoms with van der Waals surface area (Å²) in [5.74, 6) is 0. The monoisotopic (exact) mass is 286 g/mol. The predicted octanol–water partition coefficient (Wildman–Crippen LogP) is 4.03. The molecule has 0 bridgehead atoms. The molecule has 1 aromatic carbocycles. The van der Waals surface area contributed by atoms with Gasteiger partial charge in [0.25, 0.3) is 0 Å². The average molecular weight is 286 g/mol. The van der Waals surface area contributed by atoms with E-state index in [1.807, 2.05) is 11.3 Å². The number of benzene rings is 1. The molecule has 1 fully saturated rings. The zero-order valence-electron chi connectivity index (χ0n) is 12.3. The topological polar surface area (TPSA) is 24.9 Å². The summed E-state index contributed by atoms with van der Waals surface area (Å²) in [5, 5.41) is 4.74. The maximum Gasteiger partial charge on any atom is 0.104 e. The van der Waals surface area contributed by atoms with Gasteiger partial charge in [0.15, 0.2) is 0 Å². The molecule has 106 valence electrons. The third-order valence-electron chi connectivity index (χ3n) is 4.37. The van der Waals surface area contributed by atoms with Crippen molar-refractivity contribution >= 4 is 11.3 Å². The minimum atomic E-state index is 0.196. The zero-order valence-corrected chi connectivity index (χ0v) is 13.1. The summed E-state index contributed by atoms with van der Waals surface area (Å²) >= 11 is 1.90. The molecule has 0 unspecified atom stereocenters. The number of nitrogens with one attached hydrogen (secondary N) is 1. The standard InChI is InChI=1S/C17H22N2S/c1-3-18-12-15-13(2)19-16(20-15)17(10-7-11-17)14-8-5-4-6-9-14/h4-6,8-9,18H,3,7,10-12H2,1-2H3. The number of aryl methyl sites for hydroxylation is 1. The fourth-order valence-corrected chi connectivity index (χ4v) is 4.25. The molecule has 1 aromatic heterocycles. The van der Waals surface area contributed by atoms with E-state index in [0.717, 1.165) is 13.1 Å². The molecule has 0 amide bonds. The Balaban J connectivity index is 1.94. The van der Waals surface area contributed by atoms with E-state index in [4.69, 9.17) is 4.98 Å². The first-order valence-electron chi connectivity index (χ1n) is 7.49. The molecule has 0 radical (unpaired) electrons. The van der Waals surface area contributed by atoms with Crippen molar-refractivity contribution in [3.63, 3.8) is 0 Å². The lowest BCUT2D eigenvalue weighted by Crippen LogP contribution is -2.35. The highest BCUT2D eigenvalue weighted by molar-refractivity contribution is 7.12. The minimum Gasteiger partial charge on any atom is -0.312 e. The Labute approximate surface area is 125 Å². The first-order valence-corrected chi connectivity index (χ1v) is 8.31. The van der Waals surface area contributed by atoms with Crippen LogP contribution in [0.25, 0.3) is 0 Å². The van der Waals surface area contributed by atoms with Crippen molar-refractivity contribution in [2.24, 2.45) is 0 Å². The van der Waals surface area contributed by atoms with Crippen LogP contribution in [0, 0.1) is 6.92 Å². The molecule has 3 heteroatoms. The Kier molecular flexibility index (Phi) is 3.90. The van der Waals surface area contributed by atoms with E-state index in [-0.39, 0.29) is 5.41 Å². The maximum absolute atomic E-state index is 4.91. The van der Waals surface area contributed by atoms with E-state index in [2.05, 4.69) is 49.5 Å². The van der Waals surface area contributed by atoms with E-state index >= 15 is 0 Å². The molecule has 0 aliphatic heterocycles. The van der Waals surface area contributed by atoms with Gasteiger partial charge in [-0.3, -0.25) is 0 Å². The fourth-order valence-electron chi connectivity index (χ4n) is 2.95. The molecular formula is C17H22N2S. The highest BCUT2D eigenvalue weighted by Gasteiger charge is 2.43. The number of aromatic nitrogens is 1. The highest BCUT2D eigenvalue weighted by Crippen LogP contribution is 2.50. The van der Waals surface area contributed by atoms with E-state index < -0.39 is 0 Å². The summed E-state index contributed by atoms with van der Waals surface area (Å²) in [6.07, 6.45) is 3.80. The first-order chi connectivity index (χ1) is 9.76. The number of hydrogen-bond donors (Lipinski definition) is 1.